The molecule has 1 aliphatic rings. The minimum atomic E-state index is -1.27. The maximum atomic E-state index is 6.09. The molecule has 0 N–H and O–H groups in total. The van der Waals surface area contributed by atoms with Crippen molar-refractivity contribution in [1.82, 2.24) is 0 Å². The Bertz CT molecular complexity index is 139. The van der Waals surface area contributed by atoms with E-state index in [-0.39, 0.29) is 0 Å². The van der Waals surface area contributed by atoms with Crippen LogP contribution >= 0.6 is 0 Å². The van der Waals surface area contributed by atoms with Gasteiger partial charge in [0.25, 0.3) is 0 Å². The fourth-order valence-corrected chi connectivity index (χ4v) is 3.20. The highest BCUT2D eigenvalue weighted by molar-refractivity contribution is 6.69. The molecular formula is C10H22OSi. The summed E-state index contributed by atoms with van der Waals surface area (Å²) >= 11 is 0. The summed E-state index contributed by atoms with van der Waals surface area (Å²) in [5, 5.41) is 0. The van der Waals surface area contributed by atoms with Crippen LogP contribution < -0.4 is 0 Å². The van der Waals surface area contributed by atoms with E-state index in [4.69, 9.17) is 4.43 Å². The lowest BCUT2D eigenvalue weighted by Gasteiger charge is -2.32. The number of rotatable bonds is 2. The van der Waals surface area contributed by atoms with Crippen LogP contribution in [0.3, 0.4) is 0 Å². The molecule has 0 heterocycles. The van der Waals surface area contributed by atoms with Crippen LogP contribution in [-0.4, -0.2) is 14.4 Å². The molecule has 0 saturated heterocycles. The van der Waals surface area contributed by atoms with Gasteiger partial charge in [0, 0.05) is 6.10 Å². The molecule has 12 heavy (non-hydrogen) atoms. The van der Waals surface area contributed by atoms with Gasteiger partial charge < -0.3 is 4.43 Å². The maximum absolute atomic E-state index is 6.09. The fourth-order valence-electron chi connectivity index (χ4n) is 1.99. The van der Waals surface area contributed by atoms with E-state index >= 15 is 0 Å². The molecule has 72 valence electrons. The zero-order valence-corrected chi connectivity index (χ0v) is 9.89. The largest absolute Gasteiger partial charge is 0.415 e. The Morgan fingerprint density at radius 2 is 1.83 bits per heavy atom. The molecule has 1 nitrogen and oxygen atoms in total. The molecule has 0 amide bonds. The van der Waals surface area contributed by atoms with E-state index in [2.05, 4.69) is 26.6 Å². The third-order valence-corrected chi connectivity index (χ3v) is 3.45. The van der Waals surface area contributed by atoms with E-state index in [1.165, 1.54) is 25.7 Å². The van der Waals surface area contributed by atoms with E-state index in [9.17, 15) is 0 Å². The SMILES string of the molecule is C[C@H]1CCC[C@@H](O[Si](C)(C)C)C1. The first-order valence-electron chi connectivity index (χ1n) is 5.15. The predicted octanol–water partition coefficient (Wildman–Crippen LogP) is 3.42. The van der Waals surface area contributed by atoms with E-state index < -0.39 is 8.32 Å². The fraction of sp³-hybridized carbons (Fsp3) is 1.00. The normalized spacial score (nSPS) is 32.0. The summed E-state index contributed by atoms with van der Waals surface area (Å²) in [4.78, 5) is 0. The molecule has 0 unspecified atom stereocenters. The molecule has 2 atom stereocenters. The highest BCUT2D eigenvalue weighted by Gasteiger charge is 2.25. The van der Waals surface area contributed by atoms with Crippen molar-refractivity contribution in [2.24, 2.45) is 5.92 Å². The van der Waals surface area contributed by atoms with Gasteiger partial charge in [-0.15, -0.1) is 0 Å². The van der Waals surface area contributed by atoms with Crippen LogP contribution in [0.5, 0.6) is 0 Å². The quantitative estimate of drug-likeness (QED) is 0.600. The second-order valence-corrected chi connectivity index (χ2v) is 9.58. The summed E-state index contributed by atoms with van der Waals surface area (Å²) in [6.07, 6.45) is 5.96. The van der Waals surface area contributed by atoms with Crippen molar-refractivity contribution in [2.75, 3.05) is 0 Å². The minimum absolute atomic E-state index is 0.584. The van der Waals surface area contributed by atoms with Crippen LogP contribution in [0.4, 0.5) is 0 Å². The average Bonchev–Trinajstić information content (AvgIpc) is 1.82. The van der Waals surface area contributed by atoms with Gasteiger partial charge in [-0.2, -0.15) is 0 Å². The minimum Gasteiger partial charge on any atom is -0.415 e. The summed E-state index contributed by atoms with van der Waals surface area (Å²) in [6, 6.07) is 0. The molecule has 0 radical (unpaired) electrons. The Labute approximate surface area is 77.6 Å². The van der Waals surface area contributed by atoms with Gasteiger partial charge >= 0.3 is 0 Å². The number of hydrogen-bond donors (Lipinski definition) is 0. The topological polar surface area (TPSA) is 9.23 Å². The molecule has 1 aliphatic carbocycles. The number of hydrogen-bond acceptors (Lipinski definition) is 1. The van der Waals surface area contributed by atoms with Crippen LogP contribution in [0.1, 0.15) is 32.6 Å². The van der Waals surface area contributed by atoms with Crippen LogP contribution in [-0.2, 0) is 4.43 Å². The van der Waals surface area contributed by atoms with Crippen LogP contribution in [0.15, 0.2) is 0 Å². The van der Waals surface area contributed by atoms with Gasteiger partial charge in [-0.25, -0.2) is 0 Å². The molecule has 0 bridgehead atoms. The highest BCUT2D eigenvalue weighted by atomic mass is 28.4. The van der Waals surface area contributed by atoms with E-state index in [1.54, 1.807) is 0 Å². The van der Waals surface area contributed by atoms with Gasteiger partial charge in [0.1, 0.15) is 0 Å². The lowest BCUT2D eigenvalue weighted by atomic mass is 9.89. The molecule has 0 aliphatic heterocycles. The summed E-state index contributed by atoms with van der Waals surface area (Å²) in [6.45, 7) is 9.20. The Morgan fingerprint density at radius 3 is 2.33 bits per heavy atom. The third-order valence-electron chi connectivity index (χ3n) is 2.41. The highest BCUT2D eigenvalue weighted by Crippen LogP contribution is 2.27. The summed E-state index contributed by atoms with van der Waals surface area (Å²) in [5.41, 5.74) is 0. The Morgan fingerprint density at radius 1 is 1.17 bits per heavy atom. The monoisotopic (exact) mass is 186 g/mol. The first kappa shape index (κ1) is 10.3. The van der Waals surface area contributed by atoms with E-state index in [1.807, 2.05) is 0 Å². The van der Waals surface area contributed by atoms with Crippen molar-refractivity contribution in [3.8, 4) is 0 Å². The predicted molar refractivity (Wildman–Crippen MR) is 55.9 cm³/mol. The molecular weight excluding hydrogens is 164 g/mol. The Balaban J connectivity index is 2.32. The lowest BCUT2D eigenvalue weighted by Crippen LogP contribution is -2.34. The zero-order chi connectivity index (χ0) is 9.19. The molecule has 0 aromatic heterocycles. The van der Waals surface area contributed by atoms with Gasteiger partial charge in [0.2, 0.25) is 0 Å². The van der Waals surface area contributed by atoms with Gasteiger partial charge in [-0.1, -0.05) is 19.8 Å². The molecule has 1 saturated carbocycles. The zero-order valence-electron chi connectivity index (χ0n) is 8.89. The molecule has 0 aromatic rings. The van der Waals surface area contributed by atoms with Crippen molar-refractivity contribution in [3.05, 3.63) is 0 Å². The summed E-state index contributed by atoms with van der Waals surface area (Å²) in [7, 11) is -1.27. The summed E-state index contributed by atoms with van der Waals surface area (Å²) in [5.74, 6) is 0.889. The smallest absolute Gasteiger partial charge is 0.184 e. The lowest BCUT2D eigenvalue weighted by molar-refractivity contribution is 0.123. The molecule has 0 spiro atoms. The van der Waals surface area contributed by atoms with Crippen molar-refractivity contribution in [2.45, 2.75) is 58.4 Å². The second kappa shape index (κ2) is 3.92. The van der Waals surface area contributed by atoms with Gasteiger partial charge in [-0.3, -0.25) is 0 Å². The van der Waals surface area contributed by atoms with Gasteiger partial charge in [0.15, 0.2) is 8.32 Å². The summed E-state index contributed by atoms with van der Waals surface area (Å²) < 4.78 is 6.09. The Hall–Kier alpha value is 0.177. The van der Waals surface area contributed by atoms with Crippen LogP contribution in [0, 0.1) is 5.92 Å². The van der Waals surface area contributed by atoms with E-state index in [0.717, 1.165) is 5.92 Å². The van der Waals surface area contributed by atoms with Crippen molar-refractivity contribution < 1.29 is 4.43 Å². The van der Waals surface area contributed by atoms with E-state index in [0.29, 0.717) is 6.10 Å². The molecule has 1 fully saturated rings. The van der Waals surface area contributed by atoms with Crippen LogP contribution in [0.25, 0.3) is 0 Å². The average molecular weight is 186 g/mol. The van der Waals surface area contributed by atoms with Crippen LogP contribution in [0.2, 0.25) is 19.6 Å². The first-order valence-corrected chi connectivity index (χ1v) is 8.56. The van der Waals surface area contributed by atoms with Crippen molar-refractivity contribution in [3.63, 3.8) is 0 Å². The van der Waals surface area contributed by atoms with Gasteiger partial charge in [0.05, 0.1) is 0 Å². The second-order valence-electron chi connectivity index (χ2n) is 5.12. The standard InChI is InChI=1S/C10H22OSi/c1-9-6-5-7-10(8-9)11-12(2,3)4/h9-10H,5-8H2,1-4H3/t9-,10+/m0/s1. The Kier molecular flexibility index (Phi) is 3.35. The first-order chi connectivity index (χ1) is 5.47. The van der Waals surface area contributed by atoms with Crippen molar-refractivity contribution >= 4 is 8.32 Å². The molecule has 2 heteroatoms. The molecule has 1 rings (SSSR count). The third kappa shape index (κ3) is 3.72. The molecule has 0 aromatic carbocycles. The maximum Gasteiger partial charge on any atom is 0.184 e. The van der Waals surface area contributed by atoms with Crippen molar-refractivity contribution in [1.29, 1.82) is 0 Å². The van der Waals surface area contributed by atoms with Gasteiger partial charge in [-0.05, 0) is 38.4 Å².